The molecule has 1 aromatic carbocycles. The molecule has 0 aliphatic rings. The number of anilines is 1. The molecule has 1 unspecified atom stereocenters. The largest absolute Gasteiger partial charge is 0.495 e. The Balaban J connectivity index is 2.55. The molecule has 0 saturated heterocycles. The highest BCUT2D eigenvalue weighted by molar-refractivity contribution is 5.57. The average Bonchev–Trinajstić information content (AvgIpc) is 2.28. The molecule has 0 radical (unpaired) electrons. The van der Waals surface area contributed by atoms with Crippen molar-refractivity contribution < 1.29 is 4.74 Å². The summed E-state index contributed by atoms with van der Waals surface area (Å²) in [6.07, 6.45) is 2.16. The third-order valence-electron chi connectivity index (χ3n) is 2.65. The van der Waals surface area contributed by atoms with Crippen LogP contribution in [-0.2, 0) is 0 Å². The number of benzene rings is 1. The topological polar surface area (TPSA) is 38.5 Å². The molecule has 0 spiro atoms. The van der Waals surface area contributed by atoms with Crippen LogP contribution >= 0.6 is 0 Å². The van der Waals surface area contributed by atoms with E-state index in [1.807, 2.05) is 25.1 Å². The lowest BCUT2D eigenvalue weighted by molar-refractivity contribution is 0.414. The zero-order valence-corrected chi connectivity index (χ0v) is 10.4. The number of rotatable bonds is 6. The van der Waals surface area contributed by atoms with Crippen molar-refractivity contribution in [3.63, 3.8) is 0 Å². The summed E-state index contributed by atoms with van der Waals surface area (Å²) < 4.78 is 5.33. The summed E-state index contributed by atoms with van der Waals surface area (Å²) in [7, 11) is 3.79. The molecule has 0 aliphatic heterocycles. The number of hydrogen-bond donors (Lipinski definition) is 1. The minimum Gasteiger partial charge on any atom is -0.495 e. The van der Waals surface area contributed by atoms with Gasteiger partial charge in [0, 0.05) is 19.6 Å². The third kappa shape index (κ3) is 3.74. The van der Waals surface area contributed by atoms with E-state index in [-0.39, 0.29) is 6.04 Å². The molecule has 3 nitrogen and oxygen atoms in total. The first-order chi connectivity index (χ1) is 7.65. The summed E-state index contributed by atoms with van der Waals surface area (Å²) in [5.41, 5.74) is 6.86. The summed E-state index contributed by atoms with van der Waals surface area (Å²) in [5, 5.41) is 0. The summed E-state index contributed by atoms with van der Waals surface area (Å²) in [6, 6.07) is 8.35. The lowest BCUT2D eigenvalue weighted by Gasteiger charge is -2.21. The summed E-state index contributed by atoms with van der Waals surface area (Å²) in [5.74, 6) is 0.922. The first kappa shape index (κ1) is 12.8. The second kappa shape index (κ2) is 6.38. The van der Waals surface area contributed by atoms with Gasteiger partial charge in [0.05, 0.1) is 12.8 Å². The minimum atomic E-state index is 0.283. The van der Waals surface area contributed by atoms with Crippen LogP contribution < -0.4 is 15.4 Å². The van der Waals surface area contributed by atoms with Gasteiger partial charge in [-0.2, -0.15) is 0 Å². The maximum Gasteiger partial charge on any atom is 0.142 e. The van der Waals surface area contributed by atoms with Crippen LogP contribution in [0.1, 0.15) is 19.8 Å². The molecule has 2 N–H and O–H groups in total. The maximum absolute atomic E-state index is 5.73. The van der Waals surface area contributed by atoms with Gasteiger partial charge in [-0.3, -0.25) is 0 Å². The summed E-state index contributed by atoms with van der Waals surface area (Å²) in [6.45, 7) is 3.05. The van der Waals surface area contributed by atoms with Gasteiger partial charge < -0.3 is 15.4 Å². The van der Waals surface area contributed by atoms with Crippen molar-refractivity contribution >= 4 is 5.69 Å². The first-order valence-electron chi connectivity index (χ1n) is 5.75. The number of para-hydroxylation sites is 2. The summed E-state index contributed by atoms with van der Waals surface area (Å²) in [4.78, 5) is 2.21. The van der Waals surface area contributed by atoms with Crippen molar-refractivity contribution in [3.8, 4) is 5.75 Å². The predicted molar refractivity (Wildman–Crippen MR) is 69.1 cm³/mol. The quantitative estimate of drug-likeness (QED) is 0.802. The fraction of sp³-hybridized carbons (Fsp3) is 0.538. The minimum absolute atomic E-state index is 0.283. The Morgan fingerprint density at radius 3 is 2.69 bits per heavy atom. The normalized spacial score (nSPS) is 12.2. The molecule has 90 valence electrons. The van der Waals surface area contributed by atoms with Gasteiger partial charge in [0.2, 0.25) is 0 Å². The fourth-order valence-corrected chi connectivity index (χ4v) is 1.72. The van der Waals surface area contributed by atoms with Crippen LogP contribution in [-0.4, -0.2) is 26.7 Å². The average molecular weight is 222 g/mol. The molecule has 3 heteroatoms. The molecule has 0 aliphatic carbocycles. The Morgan fingerprint density at radius 2 is 2.06 bits per heavy atom. The number of methoxy groups -OCH3 is 1. The zero-order chi connectivity index (χ0) is 12.0. The molecular formula is C13H22N2O. The van der Waals surface area contributed by atoms with Crippen molar-refractivity contribution in [1.82, 2.24) is 0 Å². The molecule has 16 heavy (non-hydrogen) atoms. The Kier molecular flexibility index (Phi) is 5.12. The van der Waals surface area contributed by atoms with Crippen LogP contribution in [0.2, 0.25) is 0 Å². The van der Waals surface area contributed by atoms with Gasteiger partial charge in [0.1, 0.15) is 5.75 Å². The Bertz CT molecular complexity index is 313. The van der Waals surface area contributed by atoms with Gasteiger partial charge in [-0.05, 0) is 31.9 Å². The molecule has 1 atom stereocenters. The zero-order valence-electron chi connectivity index (χ0n) is 10.4. The molecule has 0 amide bonds. The van der Waals surface area contributed by atoms with Crippen molar-refractivity contribution in [2.45, 2.75) is 25.8 Å². The smallest absolute Gasteiger partial charge is 0.142 e. The molecule has 0 saturated carbocycles. The van der Waals surface area contributed by atoms with Crippen LogP contribution in [0.3, 0.4) is 0 Å². The van der Waals surface area contributed by atoms with E-state index < -0.39 is 0 Å². The van der Waals surface area contributed by atoms with E-state index in [0.29, 0.717) is 0 Å². The number of nitrogens with two attached hydrogens (primary N) is 1. The van der Waals surface area contributed by atoms with Gasteiger partial charge in [-0.1, -0.05) is 12.1 Å². The second-order valence-electron chi connectivity index (χ2n) is 4.21. The van der Waals surface area contributed by atoms with Crippen LogP contribution in [0.15, 0.2) is 24.3 Å². The van der Waals surface area contributed by atoms with Gasteiger partial charge in [-0.25, -0.2) is 0 Å². The Morgan fingerprint density at radius 1 is 1.38 bits per heavy atom. The monoisotopic (exact) mass is 222 g/mol. The lowest BCUT2D eigenvalue weighted by atomic mass is 10.2. The number of ether oxygens (including phenoxy) is 1. The number of nitrogens with zero attached hydrogens (tertiary/aromatic N) is 1. The standard InChI is InChI=1S/C13H22N2O/c1-11(14)7-6-10-15(2)12-8-4-5-9-13(12)16-3/h4-5,8-9,11H,6-7,10,14H2,1-3H3. The Labute approximate surface area is 98.2 Å². The first-order valence-corrected chi connectivity index (χ1v) is 5.75. The Hall–Kier alpha value is -1.22. The SMILES string of the molecule is COc1ccccc1N(C)CCCC(C)N. The van der Waals surface area contributed by atoms with Crippen molar-refractivity contribution in [2.24, 2.45) is 5.73 Å². The number of hydrogen-bond acceptors (Lipinski definition) is 3. The summed E-state index contributed by atoms with van der Waals surface area (Å²) >= 11 is 0. The third-order valence-corrected chi connectivity index (χ3v) is 2.65. The van der Waals surface area contributed by atoms with Crippen molar-refractivity contribution in [1.29, 1.82) is 0 Å². The van der Waals surface area contributed by atoms with E-state index in [4.69, 9.17) is 10.5 Å². The van der Waals surface area contributed by atoms with Crippen molar-refractivity contribution in [2.75, 3.05) is 25.6 Å². The van der Waals surface area contributed by atoms with E-state index in [1.54, 1.807) is 7.11 Å². The highest BCUT2D eigenvalue weighted by atomic mass is 16.5. The van der Waals surface area contributed by atoms with E-state index in [2.05, 4.69) is 18.0 Å². The fourth-order valence-electron chi connectivity index (χ4n) is 1.72. The van der Waals surface area contributed by atoms with Gasteiger partial charge in [0.25, 0.3) is 0 Å². The van der Waals surface area contributed by atoms with Gasteiger partial charge >= 0.3 is 0 Å². The molecule has 1 aromatic rings. The maximum atomic E-state index is 5.73. The molecule has 0 heterocycles. The predicted octanol–water partition coefficient (Wildman–Crippen LogP) is 2.26. The molecule has 0 fully saturated rings. The molecule has 1 rings (SSSR count). The van der Waals surface area contributed by atoms with E-state index in [9.17, 15) is 0 Å². The van der Waals surface area contributed by atoms with Crippen LogP contribution in [0.25, 0.3) is 0 Å². The highest BCUT2D eigenvalue weighted by Crippen LogP contribution is 2.26. The van der Waals surface area contributed by atoms with Crippen LogP contribution in [0.4, 0.5) is 5.69 Å². The molecular weight excluding hydrogens is 200 g/mol. The van der Waals surface area contributed by atoms with Gasteiger partial charge in [-0.15, -0.1) is 0 Å². The van der Waals surface area contributed by atoms with E-state index >= 15 is 0 Å². The second-order valence-corrected chi connectivity index (χ2v) is 4.21. The van der Waals surface area contributed by atoms with Crippen LogP contribution in [0.5, 0.6) is 5.75 Å². The highest BCUT2D eigenvalue weighted by Gasteiger charge is 2.06. The lowest BCUT2D eigenvalue weighted by Crippen LogP contribution is -2.22. The van der Waals surface area contributed by atoms with Crippen LogP contribution in [0, 0.1) is 0 Å². The molecule has 0 aromatic heterocycles. The van der Waals surface area contributed by atoms with Crippen molar-refractivity contribution in [3.05, 3.63) is 24.3 Å². The molecule has 0 bridgehead atoms. The van der Waals surface area contributed by atoms with E-state index in [0.717, 1.165) is 30.8 Å². The van der Waals surface area contributed by atoms with Gasteiger partial charge in [0.15, 0.2) is 0 Å². The van der Waals surface area contributed by atoms with E-state index in [1.165, 1.54) is 0 Å².